The molecule has 0 amide bonds. The van der Waals surface area contributed by atoms with Crippen molar-refractivity contribution in [3.8, 4) is 5.75 Å². The Morgan fingerprint density at radius 1 is 1.00 bits per heavy atom. The van der Waals surface area contributed by atoms with Crippen LogP contribution in [0.15, 0.2) is 42.5 Å². The molecule has 1 aliphatic rings. The van der Waals surface area contributed by atoms with Gasteiger partial charge in [-0.1, -0.05) is 35.9 Å². The number of fused-ring (bicyclic) bond motifs is 3. The second-order valence-electron chi connectivity index (χ2n) is 6.55. The van der Waals surface area contributed by atoms with Crippen LogP contribution in [0.5, 0.6) is 5.75 Å². The zero-order chi connectivity index (χ0) is 17.1. The third-order valence-corrected chi connectivity index (χ3v) is 5.20. The molecule has 4 rings (SSSR count). The number of hydrogen-bond acceptors (Lipinski definition) is 2. The predicted molar refractivity (Wildman–Crippen MR) is 111 cm³/mol. The third-order valence-electron chi connectivity index (χ3n) is 4.89. The number of aryl methyl sites for hydroxylation is 1. The molecule has 0 spiro atoms. The van der Waals surface area contributed by atoms with Crippen LogP contribution in [0.3, 0.4) is 0 Å². The highest BCUT2D eigenvalue weighted by molar-refractivity contribution is 6.32. The highest BCUT2D eigenvalue weighted by atomic mass is 35.5. The number of para-hydroxylation sites is 1. The number of nitrogens with one attached hydrogen (secondary N) is 2. The van der Waals surface area contributed by atoms with Crippen LogP contribution in [0.2, 0.25) is 5.02 Å². The van der Waals surface area contributed by atoms with Gasteiger partial charge < -0.3 is 15.0 Å². The molecular formula is C21H24Cl2N2O. The van der Waals surface area contributed by atoms with Crippen LogP contribution >= 0.6 is 24.0 Å². The molecule has 0 radical (unpaired) electrons. The van der Waals surface area contributed by atoms with E-state index in [1.807, 2.05) is 24.3 Å². The average Bonchev–Trinajstić information content (AvgIpc) is 2.82. The van der Waals surface area contributed by atoms with Crippen molar-refractivity contribution in [1.82, 2.24) is 10.3 Å². The van der Waals surface area contributed by atoms with E-state index in [4.69, 9.17) is 16.3 Å². The van der Waals surface area contributed by atoms with Crippen molar-refractivity contribution in [2.75, 3.05) is 19.7 Å². The monoisotopic (exact) mass is 390 g/mol. The first-order valence-electron chi connectivity index (χ1n) is 9.02. The van der Waals surface area contributed by atoms with Gasteiger partial charge in [0.1, 0.15) is 5.75 Å². The SMILES string of the molecule is Cl.Clc1ccccc1OCCCc1cccc2[nH]c3c(c12)CCNCC3. The van der Waals surface area contributed by atoms with Gasteiger partial charge >= 0.3 is 0 Å². The van der Waals surface area contributed by atoms with Crippen LogP contribution < -0.4 is 10.1 Å². The number of aromatic nitrogens is 1. The summed E-state index contributed by atoms with van der Waals surface area (Å²) < 4.78 is 5.83. The molecule has 0 atom stereocenters. The van der Waals surface area contributed by atoms with E-state index in [0.717, 1.165) is 44.5 Å². The number of aromatic amines is 1. The zero-order valence-corrected chi connectivity index (χ0v) is 16.3. The van der Waals surface area contributed by atoms with Crippen LogP contribution in [-0.2, 0) is 19.3 Å². The molecule has 5 heteroatoms. The van der Waals surface area contributed by atoms with Gasteiger partial charge in [-0.15, -0.1) is 12.4 Å². The number of ether oxygens (including phenoxy) is 1. The number of halogens is 2. The van der Waals surface area contributed by atoms with Crippen molar-refractivity contribution in [2.24, 2.45) is 0 Å². The molecule has 0 bridgehead atoms. The van der Waals surface area contributed by atoms with Crippen molar-refractivity contribution in [3.63, 3.8) is 0 Å². The van der Waals surface area contributed by atoms with E-state index < -0.39 is 0 Å². The van der Waals surface area contributed by atoms with Gasteiger partial charge in [0, 0.05) is 29.6 Å². The molecule has 1 aromatic heterocycles. The largest absolute Gasteiger partial charge is 0.492 e. The topological polar surface area (TPSA) is 37.0 Å². The minimum absolute atomic E-state index is 0. The van der Waals surface area contributed by atoms with E-state index in [0.29, 0.717) is 11.6 Å². The molecule has 2 heterocycles. The Morgan fingerprint density at radius 2 is 1.85 bits per heavy atom. The van der Waals surface area contributed by atoms with Gasteiger partial charge in [0.05, 0.1) is 11.6 Å². The quantitative estimate of drug-likeness (QED) is 0.605. The lowest BCUT2D eigenvalue weighted by Crippen LogP contribution is -2.16. The van der Waals surface area contributed by atoms with Crippen molar-refractivity contribution in [1.29, 1.82) is 0 Å². The Bertz CT molecular complexity index is 876. The number of H-pyrrole nitrogens is 1. The van der Waals surface area contributed by atoms with E-state index in [1.54, 1.807) is 0 Å². The zero-order valence-electron chi connectivity index (χ0n) is 14.7. The van der Waals surface area contributed by atoms with Crippen LogP contribution in [0.1, 0.15) is 23.2 Å². The fourth-order valence-corrected chi connectivity index (χ4v) is 3.90. The van der Waals surface area contributed by atoms with Gasteiger partial charge in [-0.25, -0.2) is 0 Å². The molecule has 0 aliphatic carbocycles. The maximum absolute atomic E-state index is 6.14. The van der Waals surface area contributed by atoms with Crippen molar-refractivity contribution >= 4 is 34.9 Å². The molecule has 2 aromatic carbocycles. The van der Waals surface area contributed by atoms with E-state index in [2.05, 4.69) is 28.5 Å². The first-order valence-corrected chi connectivity index (χ1v) is 9.40. The lowest BCUT2D eigenvalue weighted by atomic mass is 9.99. The van der Waals surface area contributed by atoms with E-state index in [-0.39, 0.29) is 12.4 Å². The Balaban J connectivity index is 0.00000196. The second kappa shape index (κ2) is 8.81. The van der Waals surface area contributed by atoms with Gasteiger partial charge in [-0.3, -0.25) is 0 Å². The predicted octanol–water partition coefficient (Wildman–Crippen LogP) is 4.94. The lowest BCUT2D eigenvalue weighted by molar-refractivity contribution is 0.311. The normalized spacial score (nSPS) is 13.7. The van der Waals surface area contributed by atoms with Gasteiger partial charge in [-0.2, -0.15) is 0 Å². The molecule has 0 unspecified atom stereocenters. The second-order valence-corrected chi connectivity index (χ2v) is 6.96. The summed E-state index contributed by atoms with van der Waals surface area (Å²) in [4.78, 5) is 3.63. The smallest absolute Gasteiger partial charge is 0.137 e. The van der Waals surface area contributed by atoms with Gasteiger partial charge in [-0.05, 0) is 55.1 Å². The average molecular weight is 391 g/mol. The van der Waals surface area contributed by atoms with Crippen molar-refractivity contribution in [3.05, 3.63) is 64.3 Å². The summed E-state index contributed by atoms with van der Waals surface area (Å²) >= 11 is 6.14. The summed E-state index contributed by atoms with van der Waals surface area (Å²) in [5, 5.41) is 5.59. The summed E-state index contributed by atoms with van der Waals surface area (Å²) in [5.74, 6) is 0.768. The number of benzene rings is 2. The van der Waals surface area contributed by atoms with Crippen molar-refractivity contribution in [2.45, 2.75) is 25.7 Å². The fourth-order valence-electron chi connectivity index (χ4n) is 3.71. The Kier molecular flexibility index (Phi) is 6.47. The van der Waals surface area contributed by atoms with Crippen LogP contribution in [0.25, 0.3) is 10.9 Å². The highest BCUT2D eigenvalue weighted by Gasteiger charge is 2.16. The molecule has 2 N–H and O–H groups in total. The number of hydrogen-bond donors (Lipinski definition) is 2. The summed E-state index contributed by atoms with van der Waals surface area (Å²) in [6.07, 6.45) is 4.17. The number of rotatable bonds is 5. The Morgan fingerprint density at radius 3 is 2.73 bits per heavy atom. The van der Waals surface area contributed by atoms with E-state index in [1.165, 1.54) is 27.7 Å². The first-order chi connectivity index (χ1) is 12.3. The van der Waals surface area contributed by atoms with Gasteiger partial charge in [0.25, 0.3) is 0 Å². The lowest BCUT2D eigenvalue weighted by Gasteiger charge is -2.09. The summed E-state index contributed by atoms with van der Waals surface area (Å²) in [6.45, 7) is 2.79. The molecule has 138 valence electrons. The maximum atomic E-state index is 6.14. The molecule has 3 aromatic rings. The molecule has 3 nitrogen and oxygen atoms in total. The highest BCUT2D eigenvalue weighted by Crippen LogP contribution is 2.29. The summed E-state index contributed by atoms with van der Waals surface area (Å²) in [5.41, 5.74) is 5.60. The Labute approximate surface area is 165 Å². The molecular weight excluding hydrogens is 367 g/mol. The first kappa shape index (κ1) is 19.1. The van der Waals surface area contributed by atoms with Crippen molar-refractivity contribution < 1.29 is 4.74 Å². The van der Waals surface area contributed by atoms with Crippen LogP contribution in [0, 0.1) is 0 Å². The van der Waals surface area contributed by atoms with Gasteiger partial charge in [0.15, 0.2) is 0 Å². The minimum Gasteiger partial charge on any atom is -0.492 e. The third kappa shape index (κ3) is 4.01. The van der Waals surface area contributed by atoms with Gasteiger partial charge in [0.2, 0.25) is 0 Å². The maximum Gasteiger partial charge on any atom is 0.137 e. The molecule has 0 saturated heterocycles. The fraction of sp³-hybridized carbons (Fsp3) is 0.333. The molecule has 0 saturated carbocycles. The molecule has 26 heavy (non-hydrogen) atoms. The van der Waals surface area contributed by atoms with E-state index in [9.17, 15) is 0 Å². The standard InChI is InChI=1S/C21H23ClN2O.ClH/c22-17-7-1-2-9-20(17)25-14-4-6-15-5-3-8-19-21(15)16-10-12-23-13-11-18(16)24-19;/h1-3,5,7-9,23-24H,4,6,10-14H2;1H. The van der Waals surface area contributed by atoms with Crippen LogP contribution in [-0.4, -0.2) is 24.7 Å². The summed E-state index contributed by atoms with van der Waals surface area (Å²) in [7, 11) is 0. The molecule has 0 fully saturated rings. The molecule has 1 aliphatic heterocycles. The summed E-state index contributed by atoms with van der Waals surface area (Å²) in [6, 6.07) is 14.3. The van der Waals surface area contributed by atoms with E-state index >= 15 is 0 Å². The van der Waals surface area contributed by atoms with Crippen LogP contribution in [0.4, 0.5) is 0 Å². The minimum atomic E-state index is 0. The Hall–Kier alpha value is -1.68.